The highest BCUT2D eigenvalue weighted by molar-refractivity contribution is 6.54. The van der Waals surface area contributed by atoms with Gasteiger partial charge in [-0.25, -0.2) is 0 Å². The SMILES string of the molecule is C[C@@H](B1OC(C)(C)C(C)(C)O1)[C@H](B1OC(C)(C)C(C)(C)O1)c1ccccc1. The van der Waals surface area contributed by atoms with Crippen LogP contribution in [0.3, 0.4) is 0 Å². The minimum atomic E-state index is -0.375. The van der Waals surface area contributed by atoms with Gasteiger partial charge in [0.25, 0.3) is 0 Å². The fourth-order valence-electron chi connectivity index (χ4n) is 3.69. The molecule has 0 saturated carbocycles. The molecule has 1 aromatic carbocycles. The first-order valence-electron chi connectivity index (χ1n) is 10.0. The lowest BCUT2D eigenvalue weighted by molar-refractivity contribution is 0.00578. The summed E-state index contributed by atoms with van der Waals surface area (Å²) in [6, 6.07) is 10.4. The standard InChI is InChI=1S/C21H34B2O4/c1-15(22-24-18(2,3)19(4,5)25-22)17(16-13-11-10-12-14-16)23-26-20(6,7)21(8,9)27-23/h10-15,17H,1-9H3/t15-,17+/m1/s1. The molecule has 148 valence electrons. The van der Waals surface area contributed by atoms with Crippen molar-refractivity contribution in [3.63, 3.8) is 0 Å². The Morgan fingerprint density at radius 1 is 0.630 bits per heavy atom. The van der Waals surface area contributed by atoms with Gasteiger partial charge in [0.15, 0.2) is 0 Å². The van der Waals surface area contributed by atoms with E-state index in [-0.39, 0.29) is 48.3 Å². The van der Waals surface area contributed by atoms with Crippen molar-refractivity contribution in [2.45, 2.75) is 96.4 Å². The lowest BCUT2D eigenvalue weighted by Crippen LogP contribution is -2.41. The van der Waals surface area contributed by atoms with E-state index in [1.54, 1.807) is 0 Å². The van der Waals surface area contributed by atoms with E-state index in [9.17, 15) is 0 Å². The molecule has 2 atom stereocenters. The molecule has 0 aliphatic carbocycles. The van der Waals surface area contributed by atoms with E-state index < -0.39 is 0 Å². The van der Waals surface area contributed by atoms with E-state index in [1.807, 2.05) is 6.07 Å². The van der Waals surface area contributed by atoms with Crippen molar-refractivity contribution < 1.29 is 18.6 Å². The first-order valence-corrected chi connectivity index (χ1v) is 10.0. The molecule has 0 bridgehead atoms. The Morgan fingerprint density at radius 2 is 1.00 bits per heavy atom. The molecule has 2 heterocycles. The molecule has 0 radical (unpaired) electrons. The van der Waals surface area contributed by atoms with Crippen molar-refractivity contribution in [2.75, 3.05) is 0 Å². The minimum absolute atomic E-state index is 0.00181. The maximum Gasteiger partial charge on any atom is 0.465 e. The van der Waals surface area contributed by atoms with Gasteiger partial charge in [0, 0.05) is 5.82 Å². The van der Waals surface area contributed by atoms with Crippen LogP contribution in [0.15, 0.2) is 30.3 Å². The van der Waals surface area contributed by atoms with E-state index in [4.69, 9.17) is 18.6 Å². The van der Waals surface area contributed by atoms with Crippen molar-refractivity contribution >= 4 is 14.2 Å². The molecular weight excluding hydrogens is 338 g/mol. The second-order valence-corrected chi connectivity index (χ2v) is 10.0. The molecule has 2 saturated heterocycles. The number of hydrogen-bond acceptors (Lipinski definition) is 4. The van der Waals surface area contributed by atoms with E-state index in [0.29, 0.717) is 0 Å². The van der Waals surface area contributed by atoms with Crippen molar-refractivity contribution in [3.8, 4) is 0 Å². The largest absolute Gasteiger partial charge is 0.465 e. The predicted molar refractivity (Wildman–Crippen MR) is 111 cm³/mol. The van der Waals surface area contributed by atoms with Gasteiger partial charge in [-0.3, -0.25) is 0 Å². The van der Waals surface area contributed by atoms with Crippen molar-refractivity contribution in [1.82, 2.24) is 0 Å². The van der Waals surface area contributed by atoms with Crippen LogP contribution in [-0.4, -0.2) is 36.6 Å². The van der Waals surface area contributed by atoms with Gasteiger partial charge in [0.1, 0.15) is 0 Å². The third kappa shape index (κ3) is 3.62. The molecule has 6 heteroatoms. The fourth-order valence-corrected chi connectivity index (χ4v) is 3.69. The lowest BCUT2D eigenvalue weighted by atomic mass is 9.51. The zero-order valence-corrected chi connectivity index (χ0v) is 18.3. The molecule has 0 unspecified atom stereocenters. The summed E-state index contributed by atoms with van der Waals surface area (Å²) in [5, 5.41) is 0. The Hall–Kier alpha value is -0.810. The number of hydrogen-bond donors (Lipinski definition) is 0. The Morgan fingerprint density at radius 3 is 1.41 bits per heavy atom. The quantitative estimate of drug-likeness (QED) is 0.706. The smallest absolute Gasteiger partial charge is 0.403 e. The molecule has 4 nitrogen and oxygen atoms in total. The van der Waals surface area contributed by atoms with Crippen molar-refractivity contribution in [1.29, 1.82) is 0 Å². The van der Waals surface area contributed by atoms with E-state index >= 15 is 0 Å². The van der Waals surface area contributed by atoms with Crippen LogP contribution in [0.1, 0.15) is 73.7 Å². The Kier molecular flexibility index (Phi) is 5.13. The minimum Gasteiger partial charge on any atom is -0.403 e. The summed E-state index contributed by atoms with van der Waals surface area (Å²) in [7, 11) is -0.675. The molecule has 2 aliphatic heterocycles. The summed E-state index contributed by atoms with van der Waals surface area (Å²) >= 11 is 0. The Labute approximate surface area is 165 Å². The second-order valence-electron chi connectivity index (χ2n) is 10.0. The fraction of sp³-hybridized carbons (Fsp3) is 0.714. The van der Waals surface area contributed by atoms with Crippen molar-refractivity contribution in [3.05, 3.63) is 35.9 Å². The van der Waals surface area contributed by atoms with Crippen LogP contribution in [0.5, 0.6) is 0 Å². The molecule has 3 rings (SSSR count). The van der Waals surface area contributed by atoms with Crippen LogP contribution in [0, 0.1) is 0 Å². The molecule has 2 aliphatic rings. The van der Waals surface area contributed by atoms with Crippen LogP contribution in [0.2, 0.25) is 5.82 Å². The van der Waals surface area contributed by atoms with Crippen LogP contribution in [-0.2, 0) is 18.6 Å². The molecule has 0 amide bonds. The van der Waals surface area contributed by atoms with Crippen molar-refractivity contribution in [2.24, 2.45) is 0 Å². The van der Waals surface area contributed by atoms with Gasteiger partial charge in [-0.15, -0.1) is 0 Å². The van der Waals surface area contributed by atoms with E-state index in [0.717, 1.165) is 0 Å². The lowest BCUT2D eigenvalue weighted by Gasteiger charge is -2.32. The van der Waals surface area contributed by atoms with Gasteiger partial charge < -0.3 is 18.6 Å². The molecule has 0 N–H and O–H groups in total. The average Bonchev–Trinajstić information content (AvgIpc) is 2.88. The van der Waals surface area contributed by atoms with Gasteiger partial charge >= 0.3 is 14.2 Å². The van der Waals surface area contributed by atoms with Gasteiger partial charge in [-0.05, 0) is 66.8 Å². The zero-order valence-electron chi connectivity index (χ0n) is 18.3. The van der Waals surface area contributed by atoms with Crippen LogP contribution < -0.4 is 0 Å². The highest BCUT2D eigenvalue weighted by Crippen LogP contribution is 2.48. The third-order valence-electron chi connectivity index (χ3n) is 7.02. The van der Waals surface area contributed by atoms with Crippen LogP contribution >= 0.6 is 0 Å². The summed E-state index contributed by atoms with van der Waals surface area (Å²) in [5.41, 5.74) is -0.286. The summed E-state index contributed by atoms with van der Waals surface area (Å²) < 4.78 is 25.6. The summed E-state index contributed by atoms with van der Waals surface area (Å²) in [6.45, 7) is 18.9. The molecule has 1 aromatic rings. The van der Waals surface area contributed by atoms with Crippen LogP contribution in [0.4, 0.5) is 0 Å². The first kappa shape index (κ1) is 20.9. The number of rotatable bonds is 4. The number of benzene rings is 1. The summed E-state index contributed by atoms with van der Waals surface area (Å²) in [4.78, 5) is 0. The Bertz CT molecular complexity index is 640. The van der Waals surface area contributed by atoms with E-state index in [2.05, 4.69) is 86.6 Å². The highest BCUT2D eigenvalue weighted by atomic mass is 16.7. The normalized spacial score (nSPS) is 27.6. The third-order valence-corrected chi connectivity index (χ3v) is 7.02. The monoisotopic (exact) mass is 372 g/mol. The zero-order chi connectivity index (χ0) is 20.3. The Balaban J connectivity index is 1.93. The molecular formula is C21H34B2O4. The van der Waals surface area contributed by atoms with Crippen LogP contribution in [0.25, 0.3) is 0 Å². The highest BCUT2D eigenvalue weighted by Gasteiger charge is 2.59. The topological polar surface area (TPSA) is 36.9 Å². The second kappa shape index (κ2) is 6.62. The maximum atomic E-state index is 6.43. The molecule has 0 aromatic heterocycles. The van der Waals surface area contributed by atoms with E-state index in [1.165, 1.54) is 5.56 Å². The van der Waals surface area contributed by atoms with Gasteiger partial charge in [0.2, 0.25) is 0 Å². The molecule has 2 fully saturated rings. The average molecular weight is 372 g/mol. The van der Waals surface area contributed by atoms with Gasteiger partial charge in [0.05, 0.1) is 22.4 Å². The summed E-state index contributed by atoms with van der Waals surface area (Å²) in [6.07, 6.45) is 0. The van der Waals surface area contributed by atoms with Gasteiger partial charge in [-0.1, -0.05) is 37.3 Å². The predicted octanol–water partition coefficient (Wildman–Crippen LogP) is 4.88. The van der Waals surface area contributed by atoms with Gasteiger partial charge in [-0.2, -0.15) is 0 Å². The summed E-state index contributed by atoms with van der Waals surface area (Å²) in [5.74, 6) is 0.0603. The first-order chi connectivity index (χ1) is 12.3. The maximum absolute atomic E-state index is 6.43. The molecule has 27 heavy (non-hydrogen) atoms. The molecule has 0 spiro atoms.